The molecule has 9 nitrogen and oxygen atoms in total. The van der Waals surface area contributed by atoms with Crippen molar-refractivity contribution in [2.45, 2.75) is 45.5 Å². The van der Waals surface area contributed by atoms with E-state index >= 15 is 0 Å². The standard InChI is InChI=1S/C25H32N6O3S/c1-15-23(28-18-7-8-33-13-18)29-24(17-5-4-6-20(9-17)34-14-19(32)10-26-3)30-25(15)31-11-21-22(12-31)35-16(2)27-21/h4-6,9,18-19,26,32H,7-8,10-14H2,1-3H3,(H,28,29,30). The van der Waals surface area contributed by atoms with Crippen molar-refractivity contribution in [3.05, 3.63) is 45.4 Å². The van der Waals surface area contributed by atoms with E-state index in [-0.39, 0.29) is 12.6 Å². The predicted octanol–water partition coefficient (Wildman–Crippen LogP) is 2.90. The molecule has 10 heteroatoms. The molecule has 2 aliphatic heterocycles. The highest BCUT2D eigenvalue weighted by atomic mass is 32.1. The van der Waals surface area contributed by atoms with E-state index in [1.807, 2.05) is 24.3 Å². The summed E-state index contributed by atoms with van der Waals surface area (Å²) in [6.07, 6.45) is 0.375. The number of aliphatic hydroxyl groups excluding tert-OH is 1. The summed E-state index contributed by atoms with van der Waals surface area (Å²) < 4.78 is 11.4. The zero-order valence-corrected chi connectivity index (χ0v) is 21.2. The monoisotopic (exact) mass is 496 g/mol. The minimum atomic E-state index is -0.580. The molecule has 2 unspecified atom stereocenters. The molecule has 1 fully saturated rings. The van der Waals surface area contributed by atoms with Crippen molar-refractivity contribution in [2.24, 2.45) is 0 Å². The third kappa shape index (κ3) is 5.40. The van der Waals surface area contributed by atoms with Gasteiger partial charge < -0.3 is 30.1 Å². The van der Waals surface area contributed by atoms with Crippen LogP contribution in [0.15, 0.2) is 24.3 Å². The van der Waals surface area contributed by atoms with Gasteiger partial charge in [0.2, 0.25) is 0 Å². The van der Waals surface area contributed by atoms with Crippen LogP contribution in [0, 0.1) is 13.8 Å². The smallest absolute Gasteiger partial charge is 0.164 e. The van der Waals surface area contributed by atoms with Crippen LogP contribution < -0.4 is 20.3 Å². The van der Waals surface area contributed by atoms with Gasteiger partial charge in [0.15, 0.2) is 5.82 Å². The van der Waals surface area contributed by atoms with E-state index in [4.69, 9.17) is 24.4 Å². The van der Waals surface area contributed by atoms with E-state index in [2.05, 4.69) is 29.4 Å². The molecule has 1 saturated heterocycles. The van der Waals surface area contributed by atoms with Crippen LogP contribution in [0.3, 0.4) is 0 Å². The van der Waals surface area contributed by atoms with Crippen molar-refractivity contribution < 1.29 is 14.6 Å². The normalized spacial score (nSPS) is 18.1. The Balaban J connectivity index is 1.45. The minimum Gasteiger partial charge on any atom is -0.491 e. The summed E-state index contributed by atoms with van der Waals surface area (Å²) in [5, 5.41) is 17.6. The van der Waals surface area contributed by atoms with E-state index in [9.17, 15) is 5.11 Å². The number of aromatic nitrogens is 3. The van der Waals surface area contributed by atoms with Crippen LogP contribution in [0.25, 0.3) is 11.4 Å². The summed E-state index contributed by atoms with van der Waals surface area (Å²) in [6.45, 7) is 7.80. The van der Waals surface area contributed by atoms with Crippen molar-refractivity contribution in [1.82, 2.24) is 20.3 Å². The molecule has 4 heterocycles. The number of nitrogens with one attached hydrogen (secondary N) is 2. The molecule has 5 rings (SSSR count). The molecule has 0 radical (unpaired) electrons. The number of hydrogen-bond acceptors (Lipinski definition) is 10. The maximum atomic E-state index is 9.99. The number of hydrogen-bond donors (Lipinski definition) is 3. The summed E-state index contributed by atoms with van der Waals surface area (Å²) in [5.41, 5.74) is 3.02. The van der Waals surface area contributed by atoms with Crippen molar-refractivity contribution in [3.8, 4) is 17.1 Å². The van der Waals surface area contributed by atoms with Gasteiger partial charge >= 0.3 is 0 Å². The molecule has 35 heavy (non-hydrogen) atoms. The number of nitrogens with zero attached hydrogens (tertiary/aromatic N) is 4. The highest BCUT2D eigenvalue weighted by Gasteiger charge is 2.28. The number of anilines is 2. The second-order valence-corrected chi connectivity index (χ2v) is 10.3. The Labute approximate surface area is 209 Å². The largest absolute Gasteiger partial charge is 0.491 e. The van der Waals surface area contributed by atoms with Gasteiger partial charge in [0.25, 0.3) is 0 Å². The molecule has 0 aliphatic carbocycles. The molecule has 0 amide bonds. The van der Waals surface area contributed by atoms with Crippen molar-refractivity contribution in [1.29, 1.82) is 0 Å². The lowest BCUT2D eigenvalue weighted by Crippen LogP contribution is -2.29. The first-order chi connectivity index (χ1) is 17.0. The van der Waals surface area contributed by atoms with E-state index < -0.39 is 6.10 Å². The fourth-order valence-electron chi connectivity index (χ4n) is 4.46. The number of fused-ring (bicyclic) bond motifs is 1. The van der Waals surface area contributed by atoms with Gasteiger partial charge in [-0.1, -0.05) is 12.1 Å². The average Bonchev–Trinajstić information content (AvgIpc) is 3.56. The van der Waals surface area contributed by atoms with Crippen molar-refractivity contribution in [2.75, 3.05) is 43.6 Å². The predicted molar refractivity (Wildman–Crippen MR) is 137 cm³/mol. The molecular formula is C25H32N6O3S. The van der Waals surface area contributed by atoms with Gasteiger partial charge in [-0.05, 0) is 39.4 Å². The number of aryl methyl sites for hydroxylation is 1. The lowest BCUT2D eigenvalue weighted by Gasteiger charge is -2.23. The number of benzene rings is 1. The SMILES string of the molecule is CNCC(O)COc1cccc(-c2nc(NC3CCOC3)c(C)c(N3Cc4nc(C)sc4C3)n2)c1. The minimum absolute atomic E-state index is 0.210. The van der Waals surface area contributed by atoms with E-state index in [1.54, 1.807) is 18.4 Å². The van der Waals surface area contributed by atoms with Crippen LogP contribution in [-0.4, -0.2) is 65.6 Å². The first-order valence-electron chi connectivity index (χ1n) is 12.0. The molecule has 0 bridgehead atoms. The maximum Gasteiger partial charge on any atom is 0.164 e. The number of thiazole rings is 1. The van der Waals surface area contributed by atoms with Gasteiger partial charge in [0, 0.05) is 29.2 Å². The topological polar surface area (TPSA) is 105 Å². The molecule has 1 aromatic carbocycles. The van der Waals surface area contributed by atoms with Crippen LogP contribution in [0.2, 0.25) is 0 Å². The summed E-state index contributed by atoms with van der Waals surface area (Å²) in [4.78, 5) is 18.2. The number of rotatable bonds is 9. The molecule has 186 valence electrons. The highest BCUT2D eigenvalue weighted by Crippen LogP contribution is 2.36. The fraction of sp³-hybridized carbons (Fsp3) is 0.480. The van der Waals surface area contributed by atoms with E-state index in [0.717, 1.165) is 59.6 Å². The first-order valence-corrected chi connectivity index (χ1v) is 12.8. The van der Waals surface area contributed by atoms with Crippen LogP contribution in [0.1, 0.15) is 27.6 Å². The van der Waals surface area contributed by atoms with Gasteiger partial charge in [0.05, 0.1) is 36.4 Å². The summed E-state index contributed by atoms with van der Waals surface area (Å²) in [5.74, 6) is 3.04. The van der Waals surface area contributed by atoms with Crippen LogP contribution in [0.5, 0.6) is 5.75 Å². The highest BCUT2D eigenvalue weighted by molar-refractivity contribution is 7.11. The summed E-state index contributed by atoms with van der Waals surface area (Å²) in [6, 6.07) is 7.95. The van der Waals surface area contributed by atoms with E-state index in [0.29, 0.717) is 24.7 Å². The van der Waals surface area contributed by atoms with Crippen LogP contribution in [-0.2, 0) is 17.8 Å². The molecule has 3 aromatic rings. The third-order valence-corrected chi connectivity index (χ3v) is 7.22. The lowest BCUT2D eigenvalue weighted by molar-refractivity contribution is 0.108. The van der Waals surface area contributed by atoms with Gasteiger partial charge in [-0.25, -0.2) is 15.0 Å². The Bertz CT molecular complexity index is 1160. The van der Waals surface area contributed by atoms with Gasteiger partial charge in [-0.3, -0.25) is 0 Å². The Morgan fingerprint density at radius 2 is 2.14 bits per heavy atom. The zero-order valence-electron chi connectivity index (χ0n) is 20.4. The first kappa shape index (κ1) is 23.9. The Kier molecular flexibility index (Phi) is 7.14. The Morgan fingerprint density at radius 3 is 2.91 bits per heavy atom. The van der Waals surface area contributed by atoms with Gasteiger partial charge in [-0.15, -0.1) is 11.3 Å². The van der Waals surface area contributed by atoms with Gasteiger partial charge in [0.1, 0.15) is 30.1 Å². The molecule has 2 atom stereocenters. The summed E-state index contributed by atoms with van der Waals surface area (Å²) >= 11 is 1.76. The number of ether oxygens (including phenoxy) is 2. The molecule has 2 aliphatic rings. The Morgan fingerprint density at radius 1 is 1.26 bits per heavy atom. The number of aliphatic hydroxyl groups is 1. The lowest BCUT2D eigenvalue weighted by atomic mass is 10.1. The average molecular weight is 497 g/mol. The molecule has 0 spiro atoms. The second-order valence-electron chi connectivity index (χ2n) is 9.06. The van der Waals surface area contributed by atoms with Crippen LogP contribution >= 0.6 is 11.3 Å². The molecule has 3 N–H and O–H groups in total. The molecule has 2 aromatic heterocycles. The fourth-order valence-corrected chi connectivity index (χ4v) is 5.42. The van der Waals surface area contributed by atoms with E-state index in [1.165, 1.54) is 4.88 Å². The van der Waals surface area contributed by atoms with Crippen molar-refractivity contribution in [3.63, 3.8) is 0 Å². The Hall–Kier alpha value is -2.79. The van der Waals surface area contributed by atoms with Crippen molar-refractivity contribution >= 4 is 23.0 Å². The zero-order chi connectivity index (χ0) is 24.4. The van der Waals surface area contributed by atoms with Gasteiger partial charge in [-0.2, -0.15) is 0 Å². The van der Waals surface area contributed by atoms with Crippen LogP contribution in [0.4, 0.5) is 11.6 Å². The number of likely N-dealkylation sites (N-methyl/N-ethyl adjacent to an activating group) is 1. The molecule has 0 saturated carbocycles. The summed E-state index contributed by atoms with van der Waals surface area (Å²) in [7, 11) is 1.80. The molecular weight excluding hydrogens is 464 g/mol. The quantitative estimate of drug-likeness (QED) is 0.412. The third-order valence-electron chi connectivity index (χ3n) is 6.22. The second kappa shape index (κ2) is 10.4. The maximum absolute atomic E-state index is 9.99.